The molecule has 144 valence electrons. The second-order valence-corrected chi connectivity index (χ2v) is 7.81. The predicted octanol–water partition coefficient (Wildman–Crippen LogP) is 6.27. The Morgan fingerprint density at radius 3 is 2.45 bits per heavy atom. The van der Waals surface area contributed by atoms with E-state index in [1.54, 1.807) is 6.07 Å². The van der Waals surface area contributed by atoms with Gasteiger partial charge < -0.3 is 9.84 Å². The fourth-order valence-electron chi connectivity index (χ4n) is 3.29. The van der Waals surface area contributed by atoms with E-state index in [1.165, 1.54) is 0 Å². The van der Waals surface area contributed by atoms with Crippen LogP contribution in [0.3, 0.4) is 0 Å². The number of halogens is 1. The fourth-order valence-corrected chi connectivity index (χ4v) is 3.78. The van der Waals surface area contributed by atoms with Crippen LogP contribution in [-0.2, 0) is 0 Å². The van der Waals surface area contributed by atoms with Crippen LogP contribution in [-0.4, -0.2) is 22.7 Å². The predicted molar refractivity (Wildman–Crippen MR) is 123 cm³/mol. The second kappa shape index (κ2) is 8.21. The molecular formula is C24H18INO3. The molecule has 3 aromatic carbocycles. The van der Waals surface area contributed by atoms with Crippen molar-refractivity contribution in [1.29, 1.82) is 0 Å². The van der Waals surface area contributed by atoms with E-state index in [0.717, 1.165) is 26.0 Å². The smallest absolute Gasteiger partial charge is 0.336 e. The van der Waals surface area contributed by atoms with Crippen LogP contribution < -0.4 is 4.74 Å². The zero-order chi connectivity index (χ0) is 20.4. The first-order valence-corrected chi connectivity index (χ1v) is 10.3. The molecule has 0 saturated carbocycles. The summed E-state index contributed by atoms with van der Waals surface area (Å²) in [7, 11) is 0. The zero-order valence-electron chi connectivity index (χ0n) is 15.7. The molecule has 1 N–H and O–H groups in total. The number of benzene rings is 3. The number of ether oxygens (including phenoxy) is 1. The van der Waals surface area contributed by atoms with Gasteiger partial charge in [-0.2, -0.15) is 0 Å². The number of hydrogen-bond donors (Lipinski definition) is 1. The molecule has 0 radical (unpaired) electrons. The number of carboxylic acid groups (broad SMARTS) is 1. The molecule has 29 heavy (non-hydrogen) atoms. The van der Waals surface area contributed by atoms with Gasteiger partial charge >= 0.3 is 5.97 Å². The minimum absolute atomic E-state index is 0.261. The second-order valence-electron chi connectivity index (χ2n) is 6.56. The van der Waals surface area contributed by atoms with Gasteiger partial charge in [-0.3, -0.25) is 0 Å². The number of carbonyl (C=O) groups is 1. The van der Waals surface area contributed by atoms with Crippen molar-refractivity contribution in [2.75, 3.05) is 6.61 Å². The average Bonchev–Trinajstić information content (AvgIpc) is 2.73. The van der Waals surface area contributed by atoms with E-state index in [-0.39, 0.29) is 5.56 Å². The van der Waals surface area contributed by atoms with Crippen LogP contribution in [0.1, 0.15) is 17.3 Å². The highest BCUT2D eigenvalue weighted by molar-refractivity contribution is 14.1. The van der Waals surface area contributed by atoms with Crippen LogP contribution in [0.4, 0.5) is 0 Å². The third-order valence-corrected chi connectivity index (χ3v) is 5.33. The molecule has 1 aromatic heterocycles. The Labute approximate surface area is 182 Å². The number of rotatable bonds is 5. The highest BCUT2D eigenvalue weighted by Gasteiger charge is 2.13. The first-order valence-electron chi connectivity index (χ1n) is 9.22. The fraction of sp³-hybridized carbons (Fsp3) is 0.0833. The van der Waals surface area contributed by atoms with E-state index in [2.05, 4.69) is 27.6 Å². The number of fused-ring (bicyclic) bond motifs is 1. The summed E-state index contributed by atoms with van der Waals surface area (Å²) >= 11 is 2.17. The summed E-state index contributed by atoms with van der Waals surface area (Å²) in [5.41, 5.74) is 4.58. The Hall–Kier alpha value is -2.93. The van der Waals surface area contributed by atoms with Crippen molar-refractivity contribution < 1.29 is 14.6 Å². The third kappa shape index (κ3) is 4.10. The molecular weight excluding hydrogens is 477 g/mol. The van der Waals surface area contributed by atoms with Crippen LogP contribution in [0.25, 0.3) is 33.3 Å². The van der Waals surface area contributed by atoms with Gasteiger partial charge in [0.15, 0.2) is 0 Å². The first-order chi connectivity index (χ1) is 14.0. The van der Waals surface area contributed by atoms with E-state index in [1.807, 2.05) is 73.7 Å². The number of hydrogen-bond acceptors (Lipinski definition) is 3. The van der Waals surface area contributed by atoms with Crippen molar-refractivity contribution in [1.82, 2.24) is 4.98 Å². The summed E-state index contributed by atoms with van der Waals surface area (Å²) in [5.74, 6) is -0.115. The largest absolute Gasteiger partial charge is 0.494 e. The van der Waals surface area contributed by atoms with E-state index in [4.69, 9.17) is 4.74 Å². The lowest BCUT2D eigenvalue weighted by Gasteiger charge is -2.09. The highest BCUT2D eigenvalue weighted by Crippen LogP contribution is 2.29. The summed E-state index contributed by atoms with van der Waals surface area (Å²) in [6.07, 6.45) is 0. The molecule has 0 spiro atoms. The Balaban J connectivity index is 1.74. The lowest BCUT2D eigenvalue weighted by Crippen LogP contribution is -2.00. The maximum atomic E-state index is 11.8. The average molecular weight is 495 g/mol. The molecule has 5 heteroatoms. The lowest BCUT2D eigenvalue weighted by atomic mass is 10.0. The van der Waals surface area contributed by atoms with Gasteiger partial charge in [-0.25, -0.2) is 9.78 Å². The molecule has 0 aliphatic rings. The van der Waals surface area contributed by atoms with Crippen molar-refractivity contribution in [3.05, 3.63) is 81.9 Å². The van der Waals surface area contributed by atoms with E-state index < -0.39 is 5.97 Å². The summed E-state index contributed by atoms with van der Waals surface area (Å²) in [6.45, 7) is 2.59. The summed E-state index contributed by atoms with van der Waals surface area (Å²) in [6, 6.07) is 23.2. The van der Waals surface area contributed by atoms with Crippen molar-refractivity contribution in [2.24, 2.45) is 0 Å². The Morgan fingerprint density at radius 1 is 0.966 bits per heavy atom. The zero-order valence-corrected chi connectivity index (χ0v) is 17.9. The topological polar surface area (TPSA) is 59.4 Å². The van der Waals surface area contributed by atoms with Crippen molar-refractivity contribution in [3.8, 4) is 28.1 Å². The van der Waals surface area contributed by atoms with Crippen LogP contribution in [0.5, 0.6) is 5.75 Å². The highest BCUT2D eigenvalue weighted by atomic mass is 127. The molecule has 0 unspecified atom stereocenters. The summed E-state index contributed by atoms with van der Waals surface area (Å²) < 4.78 is 6.56. The Kier molecular flexibility index (Phi) is 5.49. The standard InChI is InChI=1S/C24H18INO3/c1-2-29-19-5-3-4-17(12-19)15-6-8-16(9-7-15)23-14-21(24(27)28)20-13-18(25)10-11-22(20)26-23/h3-14H,2H2,1H3,(H,27,28). The number of aromatic carboxylic acids is 1. The van der Waals surface area contributed by atoms with Gasteiger partial charge in [-0.1, -0.05) is 36.4 Å². The maximum Gasteiger partial charge on any atom is 0.336 e. The Bertz CT molecular complexity index is 1200. The molecule has 0 bridgehead atoms. The van der Waals surface area contributed by atoms with Crippen LogP contribution >= 0.6 is 22.6 Å². The molecule has 4 aromatic rings. The van der Waals surface area contributed by atoms with Crippen molar-refractivity contribution >= 4 is 39.5 Å². The monoisotopic (exact) mass is 495 g/mol. The normalized spacial score (nSPS) is 10.8. The molecule has 0 fully saturated rings. The third-order valence-electron chi connectivity index (χ3n) is 4.66. The molecule has 0 amide bonds. The van der Waals surface area contributed by atoms with E-state index >= 15 is 0 Å². The van der Waals surface area contributed by atoms with Gasteiger partial charge in [0.1, 0.15) is 5.75 Å². The quantitative estimate of drug-likeness (QED) is 0.332. The number of aromatic nitrogens is 1. The SMILES string of the molecule is CCOc1cccc(-c2ccc(-c3cc(C(=O)O)c4cc(I)ccc4n3)cc2)c1. The molecule has 0 aliphatic heterocycles. The molecule has 4 nitrogen and oxygen atoms in total. The van der Waals surface area contributed by atoms with Gasteiger partial charge in [-0.05, 0) is 77.0 Å². The van der Waals surface area contributed by atoms with Gasteiger partial charge in [0.05, 0.1) is 23.4 Å². The molecule has 0 saturated heterocycles. The molecule has 4 rings (SSSR count). The molecule has 1 heterocycles. The number of carboxylic acids is 1. The summed E-state index contributed by atoms with van der Waals surface area (Å²) in [4.78, 5) is 16.5. The van der Waals surface area contributed by atoms with E-state index in [0.29, 0.717) is 23.2 Å². The van der Waals surface area contributed by atoms with Crippen LogP contribution in [0.15, 0.2) is 72.8 Å². The van der Waals surface area contributed by atoms with Gasteiger partial charge in [0, 0.05) is 14.5 Å². The lowest BCUT2D eigenvalue weighted by molar-refractivity contribution is 0.0699. The van der Waals surface area contributed by atoms with Crippen LogP contribution in [0, 0.1) is 3.57 Å². The number of nitrogens with zero attached hydrogens (tertiary/aromatic N) is 1. The summed E-state index contributed by atoms with van der Waals surface area (Å²) in [5, 5.41) is 10.3. The maximum absolute atomic E-state index is 11.8. The number of pyridine rings is 1. The van der Waals surface area contributed by atoms with Crippen LogP contribution in [0.2, 0.25) is 0 Å². The minimum atomic E-state index is -0.954. The Morgan fingerprint density at radius 2 is 1.72 bits per heavy atom. The van der Waals surface area contributed by atoms with Gasteiger partial charge in [0.25, 0.3) is 0 Å². The van der Waals surface area contributed by atoms with E-state index in [9.17, 15) is 9.90 Å². The molecule has 0 atom stereocenters. The van der Waals surface area contributed by atoms with Crippen molar-refractivity contribution in [2.45, 2.75) is 6.92 Å². The minimum Gasteiger partial charge on any atom is -0.494 e. The van der Waals surface area contributed by atoms with Gasteiger partial charge in [0.2, 0.25) is 0 Å². The van der Waals surface area contributed by atoms with Crippen molar-refractivity contribution in [3.63, 3.8) is 0 Å². The first kappa shape index (κ1) is 19.4. The van der Waals surface area contributed by atoms with Gasteiger partial charge in [-0.15, -0.1) is 0 Å². The molecule has 0 aliphatic carbocycles.